The molecule has 6 rings (SSSR count). The van der Waals surface area contributed by atoms with Crippen molar-refractivity contribution in [3.63, 3.8) is 0 Å². The number of benzene rings is 2. The molecule has 4 aliphatic heterocycles. The summed E-state index contributed by atoms with van der Waals surface area (Å²) in [6, 6.07) is 8.69. The summed E-state index contributed by atoms with van der Waals surface area (Å²) in [4.78, 5) is 69.2. The fraction of sp³-hybridized carbons (Fsp3) is 0.514. The second-order valence-corrected chi connectivity index (χ2v) is 13.6. The lowest BCUT2D eigenvalue weighted by Gasteiger charge is -2.47. The van der Waals surface area contributed by atoms with Crippen LogP contribution in [0.5, 0.6) is 0 Å². The molecule has 4 aliphatic rings. The van der Waals surface area contributed by atoms with E-state index < -0.39 is 23.8 Å². The maximum atomic E-state index is 13.6. The quantitative estimate of drug-likeness (QED) is 0.482. The molecule has 6 amide bonds. The van der Waals surface area contributed by atoms with Crippen molar-refractivity contribution in [2.75, 3.05) is 31.1 Å². The number of hydrogen-bond acceptors (Lipinski definition) is 6. The van der Waals surface area contributed by atoms with Gasteiger partial charge in [-0.25, -0.2) is 4.79 Å². The topological polar surface area (TPSA) is 119 Å². The molecule has 0 radical (unpaired) electrons. The standard InChI is InChI=1S/C35H43N5O5/c1-21(2)26-19-24(18-22(3)23(26)4)20-36-34(45)39-16-12-35(13-17-39)10-14-38(15-11-35)27-7-5-6-25-30(27)33(44)40(32(25)43)28-8-9-29(41)37-31(28)42/h5-7,18-19,21,28H,8-17,20H2,1-4H3,(H,36,45)(H,37,41,42). The number of carbonyl (C=O) groups is 5. The zero-order chi connectivity index (χ0) is 32.0. The Morgan fingerprint density at radius 1 is 0.978 bits per heavy atom. The molecular formula is C35H43N5O5. The van der Waals surface area contributed by atoms with E-state index in [9.17, 15) is 24.0 Å². The second-order valence-electron chi connectivity index (χ2n) is 13.6. The van der Waals surface area contributed by atoms with Gasteiger partial charge in [0, 0.05) is 39.1 Å². The lowest BCUT2D eigenvalue weighted by molar-refractivity contribution is -0.136. The summed E-state index contributed by atoms with van der Waals surface area (Å²) in [5.74, 6) is -1.51. The van der Waals surface area contributed by atoms with Crippen LogP contribution in [0.2, 0.25) is 0 Å². The van der Waals surface area contributed by atoms with Crippen LogP contribution in [0.4, 0.5) is 10.5 Å². The normalized spacial score (nSPS) is 21.4. The number of nitrogens with zero attached hydrogens (tertiary/aromatic N) is 3. The minimum Gasteiger partial charge on any atom is -0.371 e. The molecule has 0 saturated carbocycles. The molecule has 1 atom stereocenters. The molecule has 10 nitrogen and oxygen atoms in total. The van der Waals surface area contributed by atoms with Crippen molar-refractivity contribution in [3.8, 4) is 0 Å². The van der Waals surface area contributed by atoms with Gasteiger partial charge in [0.2, 0.25) is 11.8 Å². The number of rotatable bonds is 5. The molecule has 1 unspecified atom stereocenters. The number of fused-ring (bicyclic) bond motifs is 1. The highest BCUT2D eigenvalue weighted by atomic mass is 16.2. The smallest absolute Gasteiger partial charge is 0.317 e. The summed E-state index contributed by atoms with van der Waals surface area (Å²) < 4.78 is 0. The summed E-state index contributed by atoms with van der Waals surface area (Å²) in [6.07, 6.45) is 3.97. The Kier molecular flexibility index (Phi) is 8.18. The molecule has 0 aliphatic carbocycles. The predicted molar refractivity (Wildman–Crippen MR) is 170 cm³/mol. The molecule has 238 valence electrons. The van der Waals surface area contributed by atoms with E-state index in [4.69, 9.17) is 0 Å². The first-order valence-electron chi connectivity index (χ1n) is 16.2. The van der Waals surface area contributed by atoms with Crippen LogP contribution in [-0.4, -0.2) is 71.7 Å². The summed E-state index contributed by atoms with van der Waals surface area (Å²) in [5.41, 5.74) is 6.54. The van der Waals surface area contributed by atoms with Gasteiger partial charge in [-0.1, -0.05) is 32.0 Å². The minimum absolute atomic E-state index is 0.0183. The highest BCUT2D eigenvalue weighted by molar-refractivity contribution is 6.25. The average molecular weight is 614 g/mol. The number of carbonyl (C=O) groups excluding carboxylic acids is 5. The van der Waals surface area contributed by atoms with Crippen LogP contribution < -0.4 is 15.5 Å². The van der Waals surface area contributed by atoms with Crippen LogP contribution in [-0.2, 0) is 16.1 Å². The van der Waals surface area contributed by atoms with E-state index in [0.717, 1.165) is 54.9 Å². The van der Waals surface area contributed by atoms with Gasteiger partial charge < -0.3 is 15.1 Å². The Hall–Kier alpha value is -4.21. The first kappa shape index (κ1) is 30.8. The van der Waals surface area contributed by atoms with Crippen molar-refractivity contribution in [2.45, 2.75) is 84.7 Å². The van der Waals surface area contributed by atoms with E-state index in [1.165, 1.54) is 16.7 Å². The van der Waals surface area contributed by atoms with E-state index >= 15 is 0 Å². The van der Waals surface area contributed by atoms with Gasteiger partial charge in [-0.05, 0) is 91.7 Å². The number of urea groups is 1. The zero-order valence-electron chi connectivity index (χ0n) is 26.7. The van der Waals surface area contributed by atoms with E-state index in [2.05, 4.69) is 55.4 Å². The third-order valence-electron chi connectivity index (χ3n) is 10.6. The van der Waals surface area contributed by atoms with Gasteiger partial charge in [-0.2, -0.15) is 0 Å². The largest absolute Gasteiger partial charge is 0.371 e. The van der Waals surface area contributed by atoms with Crippen LogP contribution >= 0.6 is 0 Å². The molecule has 2 aromatic rings. The first-order chi connectivity index (χ1) is 21.5. The Bertz CT molecular complexity index is 1560. The Labute approximate surface area is 264 Å². The highest BCUT2D eigenvalue weighted by Crippen LogP contribution is 2.44. The van der Waals surface area contributed by atoms with Crippen LogP contribution in [0.1, 0.15) is 101 Å². The van der Waals surface area contributed by atoms with Gasteiger partial charge in [0.25, 0.3) is 11.8 Å². The van der Waals surface area contributed by atoms with Gasteiger partial charge in [0.05, 0.1) is 16.8 Å². The number of piperidine rings is 3. The second kappa shape index (κ2) is 11.9. The summed E-state index contributed by atoms with van der Waals surface area (Å²) in [5, 5.41) is 5.39. The SMILES string of the molecule is Cc1cc(CNC(=O)N2CCC3(CC2)CCN(c2cccc4c2C(=O)N(C2CCC(=O)NC2=O)C4=O)CC3)cc(C(C)C)c1C. The summed E-state index contributed by atoms with van der Waals surface area (Å²) in [6.45, 7) is 12.1. The molecule has 0 aromatic heterocycles. The zero-order valence-corrected chi connectivity index (χ0v) is 26.7. The first-order valence-corrected chi connectivity index (χ1v) is 16.2. The van der Waals surface area contributed by atoms with Gasteiger partial charge in [-0.15, -0.1) is 0 Å². The number of amides is 6. The minimum atomic E-state index is -0.978. The molecule has 2 N–H and O–H groups in total. The fourth-order valence-electron chi connectivity index (χ4n) is 7.62. The molecule has 2 aromatic carbocycles. The van der Waals surface area contributed by atoms with E-state index in [1.807, 2.05) is 11.0 Å². The number of nitrogens with one attached hydrogen (secondary N) is 2. The lowest BCUT2D eigenvalue weighted by Crippen LogP contribution is -2.54. The van der Waals surface area contributed by atoms with Crippen LogP contribution in [0.3, 0.4) is 0 Å². The van der Waals surface area contributed by atoms with Crippen molar-refractivity contribution in [1.29, 1.82) is 0 Å². The molecule has 4 heterocycles. The van der Waals surface area contributed by atoms with E-state index in [0.29, 0.717) is 36.7 Å². The lowest BCUT2D eigenvalue weighted by atomic mass is 9.71. The van der Waals surface area contributed by atoms with Gasteiger partial charge in [0.15, 0.2) is 0 Å². The number of likely N-dealkylation sites (tertiary alicyclic amines) is 1. The number of imide groups is 2. The molecule has 1 spiro atoms. The molecule has 45 heavy (non-hydrogen) atoms. The van der Waals surface area contributed by atoms with E-state index in [-0.39, 0.29) is 30.2 Å². The van der Waals surface area contributed by atoms with E-state index in [1.54, 1.807) is 12.1 Å². The fourth-order valence-corrected chi connectivity index (χ4v) is 7.62. The maximum absolute atomic E-state index is 13.6. The van der Waals surface area contributed by atoms with Gasteiger partial charge >= 0.3 is 6.03 Å². The molecule has 0 bridgehead atoms. The third-order valence-corrected chi connectivity index (χ3v) is 10.6. The van der Waals surface area contributed by atoms with Crippen LogP contribution in [0, 0.1) is 19.3 Å². The number of anilines is 1. The average Bonchev–Trinajstić information content (AvgIpc) is 3.27. The van der Waals surface area contributed by atoms with Crippen LogP contribution in [0.15, 0.2) is 30.3 Å². The Balaban J connectivity index is 1.05. The van der Waals surface area contributed by atoms with Crippen molar-refractivity contribution >= 4 is 35.3 Å². The monoisotopic (exact) mass is 613 g/mol. The number of aryl methyl sites for hydroxylation is 1. The third kappa shape index (κ3) is 5.71. The maximum Gasteiger partial charge on any atom is 0.317 e. The molecule has 10 heteroatoms. The van der Waals surface area contributed by atoms with Crippen molar-refractivity contribution in [1.82, 2.24) is 20.4 Å². The number of hydrogen-bond donors (Lipinski definition) is 2. The summed E-state index contributed by atoms with van der Waals surface area (Å²) >= 11 is 0. The molecular weight excluding hydrogens is 570 g/mol. The predicted octanol–water partition coefficient (Wildman–Crippen LogP) is 4.42. The Morgan fingerprint density at radius 2 is 1.67 bits per heavy atom. The van der Waals surface area contributed by atoms with Gasteiger partial charge in [0.1, 0.15) is 6.04 Å². The summed E-state index contributed by atoms with van der Waals surface area (Å²) in [7, 11) is 0. The van der Waals surface area contributed by atoms with Crippen molar-refractivity contribution in [3.05, 3.63) is 63.7 Å². The van der Waals surface area contributed by atoms with Crippen molar-refractivity contribution < 1.29 is 24.0 Å². The molecule has 3 fully saturated rings. The van der Waals surface area contributed by atoms with Gasteiger partial charge in [-0.3, -0.25) is 29.4 Å². The highest BCUT2D eigenvalue weighted by Gasteiger charge is 2.47. The van der Waals surface area contributed by atoms with Crippen molar-refractivity contribution in [2.24, 2.45) is 5.41 Å². The Morgan fingerprint density at radius 3 is 2.33 bits per heavy atom. The van der Waals surface area contributed by atoms with Crippen LogP contribution in [0.25, 0.3) is 0 Å². The molecule has 3 saturated heterocycles.